The van der Waals surface area contributed by atoms with E-state index in [0.717, 1.165) is 12.8 Å². The number of nitrogens with two attached hydrogens (primary N) is 1. The van der Waals surface area contributed by atoms with E-state index >= 15 is 0 Å². The molecule has 2 atom stereocenters. The highest BCUT2D eigenvalue weighted by Crippen LogP contribution is 2.24. The molecule has 21 heavy (non-hydrogen) atoms. The van der Waals surface area contributed by atoms with Gasteiger partial charge in [0.1, 0.15) is 12.4 Å². The summed E-state index contributed by atoms with van der Waals surface area (Å²) in [7, 11) is -3.26. The number of rotatable bonds is 5. The zero-order valence-corrected chi connectivity index (χ0v) is 13.5. The maximum atomic E-state index is 12.4. The van der Waals surface area contributed by atoms with Crippen LogP contribution in [0, 0.1) is 5.92 Å². The van der Waals surface area contributed by atoms with Crippen molar-refractivity contribution in [3.63, 3.8) is 0 Å². The summed E-state index contributed by atoms with van der Waals surface area (Å²) < 4.78 is 31.9. The summed E-state index contributed by atoms with van der Waals surface area (Å²) in [4.78, 5) is 0. The fourth-order valence-electron chi connectivity index (χ4n) is 2.58. The number of hydrogen-bond donors (Lipinski definition) is 1. The molecular formula is C15H24N2O3S. The Morgan fingerprint density at radius 1 is 1.24 bits per heavy atom. The standard InChI is InChI=1S/C15H24N2O3S/c1-12-3-4-13(2)17(11-12)21(18,19)10-9-20-15-7-5-14(16)6-8-15/h5-8,12-13H,3-4,9-11,16H2,1-2H3. The number of nitrogens with zero attached hydrogens (tertiary/aromatic N) is 1. The van der Waals surface area contributed by atoms with Crippen molar-refractivity contribution in [1.82, 2.24) is 4.31 Å². The third kappa shape index (κ3) is 4.35. The first-order chi connectivity index (χ1) is 9.88. The van der Waals surface area contributed by atoms with Crippen LogP contribution in [0.4, 0.5) is 5.69 Å². The van der Waals surface area contributed by atoms with Crippen molar-refractivity contribution in [1.29, 1.82) is 0 Å². The molecule has 0 aromatic heterocycles. The van der Waals surface area contributed by atoms with Gasteiger partial charge >= 0.3 is 0 Å². The molecule has 0 saturated carbocycles. The summed E-state index contributed by atoms with van der Waals surface area (Å²) >= 11 is 0. The Bertz CT molecular complexity index is 557. The molecule has 1 fully saturated rings. The molecule has 0 amide bonds. The van der Waals surface area contributed by atoms with Crippen molar-refractivity contribution in [2.24, 2.45) is 5.92 Å². The maximum absolute atomic E-state index is 12.4. The highest BCUT2D eigenvalue weighted by Gasteiger charge is 2.31. The van der Waals surface area contributed by atoms with Crippen LogP contribution in [-0.4, -0.2) is 37.7 Å². The molecule has 0 radical (unpaired) electrons. The first kappa shape index (κ1) is 16.1. The molecule has 5 nitrogen and oxygen atoms in total. The summed E-state index contributed by atoms with van der Waals surface area (Å²) in [6, 6.07) is 7.04. The Kier molecular flexibility index (Phi) is 5.11. The number of anilines is 1. The Morgan fingerprint density at radius 2 is 1.90 bits per heavy atom. The number of nitrogen functional groups attached to an aromatic ring is 1. The molecule has 0 aliphatic carbocycles. The normalized spacial score (nSPS) is 23.9. The fourth-order valence-corrected chi connectivity index (χ4v) is 4.25. The summed E-state index contributed by atoms with van der Waals surface area (Å²) in [5, 5.41) is 0. The van der Waals surface area contributed by atoms with Gasteiger partial charge in [-0.2, -0.15) is 4.31 Å². The van der Waals surface area contributed by atoms with Gasteiger partial charge in [0.25, 0.3) is 0 Å². The van der Waals surface area contributed by atoms with Crippen molar-refractivity contribution in [3.05, 3.63) is 24.3 Å². The van der Waals surface area contributed by atoms with Gasteiger partial charge in [-0.15, -0.1) is 0 Å². The zero-order valence-electron chi connectivity index (χ0n) is 12.7. The van der Waals surface area contributed by atoms with Gasteiger partial charge in [0.15, 0.2) is 0 Å². The monoisotopic (exact) mass is 312 g/mol. The van der Waals surface area contributed by atoms with E-state index in [9.17, 15) is 8.42 Å². The van der Waals surface area contributed by atoms with Crippen LogP contribution >= 0.6 is 0 Å². The van der Waals surface area contributed by atoms with Crippen molar-refractivity contribution in [2.45, 2.75) is 32.7 Å². The lowest BCUT2D eigenvalue weighted by atomic mass is 9.97. The van der Waals surface area contributed by atoms with E-state index in [0.29, 0.717) is 23.9 Å². The topological polar surface area (TPSA) is 72.6 Å². The second-order valence-electron chi connectivity index (χ2n) is 5.83. The Balaban J connectivity index is 1.90. The van der Waals surface area contributed by atoms with Gasteiger partial charge in [-0.1, -0.05) is 6.92 Å². The molecule has 2 rings (SSSR count). The minimum atomic E-state index is -3.26. The van der Waals surface area contributed by atoms with E-state index in [2.05, 4.69) is 6.92 Å². The summed E-state index contributed by atoms with van der Waals surface area (Å²) in [6.07, 6.45) is 2.02. The average molecular weight is 312 g/mol. The van der Waals surface area contributed by atoms with E-state index in [1.54, 1.807) is 28.6 Å². The lowest BCUT2D eigenvalue weighted by molar-refractivity contribution is 0.216. The second kappa shape index (κ2) is 6.66. The largest absolute Gasteiger partial charge is 0.492 e. The van der Waals surface area contributed by atoms with Crippen LogP contribution in [0.1, 0.15) is 26.7 Å². The first-order valence-corrected chi connectivity index (χ1v) is 8.97. The van der Waals surface area contributed by atoms with Crippen molar-refractivity contribution in [3.8, 4) is 5.75 Å². The van der Waals surface area contributed by atoms with Crippen LogP contribution in [-0.2, 0) is 10.0 Å². The molecule has 0 spiro atoms. The minimum absolute atomic E-state index is 0.00837. The van der Waals surface area contributed by atoms with Crippen LogP contribution in [0.5, 0.6) is 5.75 Å². The number of ether oxygens (including phenoxy) is 1. The Labute approximate surface area is 127 Å². The van der Waals surface area contributed by atoms with E-state index < -0.39 is 10.0 Å². The van der Waals surface area contributed by atoms with Gasteiger partial charge in [-0.3, -0.25) is 0 Å². The van der Waals surface area contributed by atoms with E-state index in [1.807, 2.05) is 6.92 Å². The summed E-state index contributed by atoms with van der Waals surface area (Å²) in [5.74, 6) is 1.07. The van der Waals surface area contributed by atoms with Crippen molar-refractivity contribution in [2.75, 3.05) is 24.6 Å². The molecule has 2 unspecified atom stereocenters. The van der Waals surface area contributed by atoms with Crippen LogP contribution in [0.25, 0.3) is 0 Å². The van der Waals surface area contributed by atoms with E-state index in [1.165, 1.54) is 0 Å². The zero-order chi connectivity index (χ0) is 15.5. The lowest BCUT2D eigenvalue weighted by Gasteiger charge is -2.35. The fraction of sp³-hybridized carbons (Fsp3) is 0.600. The predicted octanol–water partition coefficient (Wildman–Crippen LogP) is 2.10. The van der Waals surface area contributed by atoms with E-state index in [4.69, 9.17) is 10.5 Å². The number of hydrogen-bond acceptors (Lipinski definition) is 4. The Hall–Kier alpha value is -1.27. The first-order valence-electron chi connectivity index (χ1n) is 7.36. The predicted molar refractivity (Wildman–Crippen MR) is 84.7 cm³/mol. The van der Waals surface area contributed by atoms with Crippen LogP contribution in [0.3, 0.4) is 0 Å². The molecule has 1 aliphatic heterocycles. The number of piperidine rings is 1. The molecule has 1 heterocycles. The van der Waals surface area contributed by atoms with Gasteiger partial charge in [0, 0.05) is 18.3 Å². The molecule has 2 N–H and O–H groups in total. The van der Waals surface area contributed by atoms with Crippen molar-refractivity contribution >= 4 is 15.7 Å². The van der Waals surface area contributed by atoms with Crippen molar-refractivity contribution < 1.29 is 13.2 Å². The number of sulfonamides is 1. The molecule has 118 valence electrons. The number of benzene rings is 1. The van der Waals surface area contributed by atoms with Gasteiger partial charge in [-0.05, 0) is 49.9 Å². The minimum Gasteiger partial charge on any atom is -0.492 e. The molecule has 1 saturated heterocycles. The van der Waals surface area contributed by atoms with Gasteiger partial charge in [0.2, 0.25) is 10.0 Å². The lowest BCUT2D eigenvalue weighted by Crippen LogP contribution is -2.46. The third-order valence-electron chi connectivity index (χ3n) is 3.91. The summed E-state index contributed by atoms with van der Waals surface area (Å²) in [6.45, 7) is 4.85. The quantitative estimate of drug-likeness (QED) is 0.845. The van der Waals surface area contributed by atoms with Gasteiger partial charge in [-0.25, -0.2) is 8.42 Å². The second-order valence-corrected chi connectivity index (χ2v) is 7.88. The molecular weight excluding hydrogens is 288 g/mol. The summed E-state index contributed by atoms with van der Waals surface area (Å²) in [5.41, 5.74) is 6.25. The van der Waals surface area contributed by atoms with Crippen LogP contribution < -0.4 is 10.5 Å². The third-order valence-corrected chi connectivity index (χ3v) is 5.81. The molecule has 0 bridgehead atoms. The molecule has 1 aromatic rings. The van der Waals surface area contributed by atoms with Gasteiger partial charge < -0.3 is 10.5 Å². The van der Waals surface area contributed by atoms with Crippen LogP contribution in [0.15, 0.2) is 24.3 Å². The average Bonchev–Trinajstić information content (AvgIpc) is 2.43. The van der Waals surface area contributed by atoms with Gasteiger partial charge in [0.05, 0.1) is 5.75 Å². The SMILES string of the molecule is CC1CCC(C)N(S(=O)(=O)CCOc2ccc(N)cc2)C1. The Morgan fingerprint density at radius 3 is 2.57 bits per heavy atom. The van der Waals surface area contributed by atoms with Crippen LogP contribution in [0.2, 0.25) is 0 Å². The highest BCUT2D eigenvalue weighted by molar-refractivity contribution is 7.89. The smallest absolute Gasteiger partial charge is 0.217 e. The molecule has 6 heteroatoms. The molecule has 1 aromatic carbocycles. The highest BCUT2D eigenvalue weighted by atomic mass is 32.2. The van der Waals surface area contributed by atoms with E-state index in [-0.39, 0.29) is 18.4 Å². The maximum Gasteiger partial charge on any atom is 0.217 e. The molecule has 1 aliphatic rings.